The van der Waals surface area contributed by atoms with Crippen molar-refractivity contribution in [1.29, 1.82) is 0 Å². The SMILES string of the molecule is Cl.Cl.O=C(Nc1ccc(CCNc2ncccn2)cc1)c1cccs1. The third kappa shape index (κ3) is 6.34. The van der Waals surface area contributed by atoms with E-state index in [0.29, 0.717) is 10.8 Å². The molecule has 0 bridgehead atoms. The summed E-state index contributed by atoms with van der Waals surface area (Å²) < 4.78 is 0. The van der Waals surface area contributed by atoms with Crippen LogP contribution in [0.2, 0.25) is 0 Å². The summed E-state index contributed by atoms with van der Waals surface area (Å²) in [5, 5.41) is 7.95. The summed E-state index contributed by atoms with van der Waals surface area (Å²) in [5.41, 5.74) is 1.98. The van der Waals surface area contributed by atoms with Gasteiger partial charge in [0.15, 0.2) is 0 Å². The lowest BCUT2D eigenvalue weighted by Gasteiger charge is -2.07. The summed E-state index contributed by atoms with van der Waals surface area (Å²) in [6, 6.07) is 13.3. The molecule has 0 spiro atoms. The molecule has 0 atom stereocenters. The maximum absolute atomic E-state index is 12.0. The number of nitrogens with zero attached hydrogens (tertiary/aromatic N) is 2. The first kappa shape index (κ1) is 20.9. The highest BCUT2D eigenvalue weighted by atomic mass is 35.5. The van der Waals surface area contributed by atoms with Crippen LogP contribution in [-0.4, -0.2) is 22.4 Å². The van der Waals surface area contributed by atoms with Gasteiger partial charge in [0, 0.05) is 24.6 Å². The number of rotatable bonds is 6. The molecule has 3 rings (SSSR count). The van der Waals surface area contributed by atoms with Crippen LogP contribution >= 0.6 is 36.2 Å². The maximum atomic E-state index is 12.0. The molecule has 0 unspecified atom stereocenters. The number of halogens is 2. The molecule has 1 amide bonds. The predicted octanol–water partition coefficient (Wildman–Crippen LogP) is 4.29. The molecule has 0 aliphatic heterocycles. The van der Waals surface area contributed by atoms with Crippen LogP contribution in [0.15, 0.2) is 60.2 Å². The fourth-order valence-corrected chi connectivity index (χ4v) is 2.68. The van der Waals surface area contributed by atoms with Crippen LogP contribution in [0.3, 0.4) is 0 Å². The molecular weight excluding hydrogens is 379 g/mol. The second-order valence-electron chi connectivity index (χ2n) is 4.88. The Morgan fingerprint density at radius 2 is 1.72 bits per heavy atom. The number of thiophene rings is 1. The molecule has 2 heterocycles. The number of anilines is 2. The van der Waals surface area contributed by atoms with E-state index in [2.05, 4.69) is 20.6 Å². The number of hydrogen-bond acceptors (Lipinski definition) is 5. The Bertz CT molecular complexity index is 752. The second kappa shape index (κ2) is 10.7. The third-order valence-corrected chi connectivity index (χ3v) is 4.09. The van der Waals surface area contributed by atoms with Crippen molar-refractivity contribution in [3.05, 3.63) is 70.7 Å². The van der Waals surface area contributed by atoms with E-state index in [-0.39, 0.29) is 30.7 Å². The van der Waals surface area contributed by atoms with Gasteiger partial charge in [-0.25, -0.2) is 9.97 Å². The van der Waals surface area contributed by atoms with E-state index in [1.54, 1.807) is 18.5 Å². The largest absolute Gasteiger partial charge is 0.354 e. The molecule has 2 aromatic heterocycles. The van der Waals surface area contributed by atoms with Gasteiger partial charge in [0.05, 0.1) is 4.88 Å². The first-order valence-electron chi connectivity index (χ1n) is 7.26. The minimum absolute atomic E-state index is 0. The molecule has 132 valence electrons. The van der Waals surface area contributed by atoms with Gasteiger partial charge in [-0.2, -0.15) is 0 Å². The van der Waals surface area contributed by atoms with Gasteiger partial charge in [-0.3, -0.25) is 4.79 Å². The molecule has 0 saturated heterocycles. The average Bonchev–Trinajstić information content (AvgIpc) is 3.12. The Balaban J connectivity index is 0.00000156. The predicted molar refractivity (Wildman–Crippen MR) is 107 cm³/mol. The fraction of sp³-hybridized carbons (Fsp3) is 0.118. The van der Waals surface area contributed by atoms with Crippen molar-refractivity contribution in [2.75, 3.05) is 17.2 Å². The van der Waals surface area contributed by atoms with Gasteiger partial charge in [-0.1, -0.05) is 18.2 Å². The lowest BCUT2D eigenvalue weighted by atomic mass is 10.1. The van der Waals surface area contributed by atoms with Crippen molar-refractivity contribution in [3.8, 4) is 0 Å². The van der Waals surface area contributed by atoms with E-state index >= 15 is 0 Å². The summed E-state index contributed by atoms with van der Waals surface area (Å²) >= 11 is 1.43. The highest BCUT2D eigenvalue weighted by molar-refractivity contribution is 7.12. The fourth-order valence-electron chi connectivity index (χ4n) is 2.06. The molecule has 1 aromatic carbocycles. The Labute approximate surface area is 162 Å². The van der Waals surface area contributed by atoms with Gasteiger partial charge in [-0.15, -0.1) is 36.2 Å². The monoisotopic (exact) mass is 396 g/mol. The highest BCUT2D eigenvalue weighted by Gasteiger charge is 2.06. The first-order valence-corrected chi connectivity index (χ1v) is 8.14. The quantitative estimate of drug-likeness (QED) is 0.651. The van der Waals surface area contributed by atoms with Gasteiger partial charge < -0.3 is 10.6 Å². The number of benzene rings is 1. The zero-order chi connectivity index (χ0) is 15.9. The van der Waals surface area contributed by atoms with Crippen molar-refractivity contribution >= 4 is 53.7 Å². The molecule has 8 heteroatoms. The van der Waals surface area contributed by atoms with Gasteiger partial charge in [0.1, 0.15) is 0 Å². The van der Waals surface area contributed by atoms with Crippen molar-refractivity contribution in [1.82, 2.24) is 9.97 Å². The molecule has 0 aliphatic rings. The van der Waals surface area contributed by atoms with Crippen LogP contribution in [0.1, 0.15) is 15.2 Å². The van der Waals surface area contributed by atoms with Crippen molar-refractivity contribution in [3.63, 3.8) is 0 Å². The van der Waals surface area contributed by atoms with E-state index < -0.39 is 0 Å². The minimum atomic E-state index is -0.0735. The lowest BCUT2D eigenvalue weighted by Crippen LogP contribution is -2.10. The molecule has 0 radical (unpaired) electrons. The zero-order valence-electron chi connectivity index (χ0n) is 13.2. The van der Waals surface area contributed by atoms with Gasteiger partial charge >= 0.3 is 0 Å². The smallest absolute Gasteiger partial charge is 0.265 e. The summed E-state index contributed by atoms with van der Waals surface area (Å²) in [7, 11) is 0. The van der Waals surface area contributed by atoms with Crippen LogP contribution in [0.25, 0.3) is 0 Å². The van der Waals surface area contributed by atoms with Crippen LogP contribution in [0.5, 0.6) is 0 Å². The first-order chi connectivity index (χ1) is 11.3. The standard InChI is InChI=1S/C17H16N4OS.2ClH/c22-16(15-3-1-12-23-15)21-14-6-4-13(5-7-14)8-11-20-17-18-9-2-10-19-17;;/h1-7,9-10,12H,8,11H2,(H,21,22)(H,18,19,20);2*1H. The topological polar surface area (TPSA) is 66.9 Å². The number of nitrogens with one attached hydrogen (secondary N) is 2. The van der Waals surface area contributed by atoms with Gasteiger partial charge in [-0.05, 0) is 41.6 Å². The van der Waals surface area contributed by atoms with E-state index in [0.717, 1.165) is 18.7 Å². The molecule has 0 saturated carbocycles. The molecule has 3 aromatic rings. The summed E-state index contributed by atoms with van der Waals surface area (Å²) in [6.45, 7) is 0.755. The summed E-state index contributed by atoms with van der Waals surface area (Å²) in [6.07, 6.45) is 4.28. The summed E-state index contributed by atoms with van der Waals surface area (Å²) in [5.74, 6) is 0.558. The minimum Gasteiger partial charge on any atom is -0.354 e. The molecule has 2 N–H and O–H groups in total. The van der Waals surface area contributed by atoms with E-state index in [1.807, 2.05) is 41.8 Å². The Hall–Kier alpha value is -2.15. The van der Waals surface area contributed by atoms with Crippen LogP contribution < -0.4 is 10.6 Å². The van der Waals surface area contributed by atoms with Crippen LogP contribution in [-0.2, 0) is 6.42 Å². The molecule has 0 aliphatic carbocycles. The number of amides is 1. The number of carbonyl (C=O) groups excluding carboxylic acids is 1. The molecule has 0 fully saturated rings. The van der Waals surface area contributed by atoms with Gasteiger partial charge in [0.2, 0.25) is 5.95 Å². The highest BCUT2D eigenvalue weighted by Crippen LogP contribution is 2.14. The van der Waals surface area contributed by atoms with Crippen molar-refractivity contribution in [2.45, 2.75) is 6.42 Å². The lowest BCUT2D eigenvalue weighted by molar-refractivity contribution is 0.103. The third-order valence-electron chi connectivity index (χ3n) is 3.22. The van der Waals surface area contributed by atoms with Crippen molar-refractivity contribution < 1.29 is 4.79 Å². The van der Waals surface area contributed by atoms with E-state index in [9.17, 15) is 4.79 Å². The second-order valence-corrected chi connectivity index (χ2v) is 5.83. The van der Waals surface area contributed by atoms with E-state index in [4.69, 9.17) is 0 Å². The molecule has 25 heavy (non-hydrogen) atoms. The molecule has 5 nitrogen and oxygen atoms in total. The average molecular weight is 397 g/mol. The van der Waals surface area contributed by atoms with Crippen molar-refractivity contribution in [2.24, 2.45) is 0 Å². The van der Waals surface area contributed by atoms with Crippen LogP contribution in [0.4, 0.5) is 11.6 Å². The summed E-state index contributed by atoms with van der Waals surface area (Å²) in [4.78, 5) is 20.9. The van der Waals surface area contributed by atoms with Gasteiger partial charge in [0.25, 0.3) is 5.91 Å². The Morgan fingerprint density at radius 3 is 2.36 bits per heavy atom. The normalized spacial score (nSPS) is 9.44. The zero-order valence-corrected chi connectivity index (χ0v) is 15.7. The molecular formula is C17H18Cl2N4OS. The van der Waals surface area contributed by atoms with Crippen LogP contribution in [0, 0.1) is 0 Å². The number of aromatic nitrogens is 2. The number of hydrogen-bond donors (Lipinski definition) is 2. The Kier molecular flexibility index (Phi) is 8.91. The van der Waals surface area contributed by atoms with E-state index in [1.165, 1.54) is 16.9 Å². The Morgan fingerprint density at radius 1 is 1.00 bits per heavy atom. The number of carbonyl (C=O) groups is 1. The maximum Gasteiger partial charge on any atom is 0.265 e.